The molecule has 0 aliphatic rings. The van der Waals surface area contributed by atoms with Crippen molar-refractivity contribution in [3.05, 3.63) is 35.1 Å². The quantitative estimate of drug-likeness (QED) is 0.856. The lowest BCUT2D eigenvalue weighted by atomic mass is 10.1. The normalized spacial score (nSPS) is 13.2. The van der Waals surface area contributed by atoms with Crippen LogP contribution in [0.2, 0.25) is 0 Å². The van der Waals surface area contributed by atoms with E-state index in [1.807, 2.05) is 0 Å². The van der Waals surface area contributed by atoms with Gasteiger partial charge in [0.2, 0.25) is 0 Å². The number of nitrogens with one attached hydrogen (secondary N) is 1. The highest BCUT2D eigenvalue weighted by molar-refractivity contribution is 5.84. The second-order valence-corrected chi connectivity index (χ2v) is 4.72. The largest absolute Gasteiger partial charge is 0.459 e. The summed E-state index contributed by atoms with van der Waals surface area (Å²) >= 11 is 0. The van der Waals surface area contributed by atoms with Gasteiger partial charge < -0.3 is 9.73 Å². The van der Waals surface area contributed by atoms with Gasteiger partial charge in [0.1, 0.15) is 11.3 Å². The Morgan fingerprint density at radius 3 is 2.71 bits per heavy atom. The van der Waals surface area contributed by atoms with E-state index in [2.05, 4.69) is 51.2 Å². The summed E-state index contributed by atoms with van der Waals surface area (Å²) in [7, 11) is 0. The maximum absolute atomic E-state index is 6.03. The Kier molecular flexibility index (Phi) is 3.53. The molecule has 0 fully saturated rings. The lowest BCUT2D eigenvalue weighted by molar-refractivity contribution is 0.448. The lowest BCUT2D eigenvalue weighted by Crippen LogP contribution is -2.19. The van der Waals surface area contributed by atoms with E-state index in [1.54, 1.807) is 0 Å². The Labute approximate surface area is 103 Å². The van der Waals surface area contributed by atoms with Crippen molar-refractivity contribution in [1.82, 2.24) is 5.32 Å². The van der Waals surface area contributed by atoms with Gasteiger partial charge in [-0.15, -0.1) is 0 Å². The molecule has 0 saturated carbocycles. The summed E-state index contributed by atoms with van der Waals surface area (Å²) in [4.78, 5) is 0. The predicted molar refractivity (Wildman–Crippen MR) is 72.4 cm³/mol. The van der Waals surface area contributed by atoms with Crippen LogP contribution in [0.1, 0.15) is 43.2 Å². The van der Waals surface area contributed by atoms with Gasteiger partial charge in [0.05, 0.1) is 6.04 Å². The van der Waals surface area contributed by atoms with Crippen LogP contribution >= 0.6 is 0 Å². The number of hydrogen-bond donors (Lipinski definition) is 1. The molecule has 0 radical (unpaired) electrons. The summed E-state index contributed by atoms with van der Waals surface area (Å²) in [6, 6.07) is 6.60. The van der Waals surface area contributed by atoms with Gasteiger partial charge in [-0.25, -0.2) is 0 Å². The minimum absolute atomic E-state index is 0.279. The smallest absolute Gasteiger partial charge is 0.137 e. The molecular weight excluding hydrogens is 210 g/mol. The average Bonchev–Trinajstić information content (AvgIpc) is 2.66. The number of rotatable bonds is 4. The Hall–Kier alpha value is -1.28. The van der Waals surface area contributed by atoms with Crippen LogP contribution in [-0.2, 0) is 0 Å². The van der Waals surface area contributed by atoms with Crippen LogP contribution in [0.15, 0.2) is 22.6 Å². The van der Waals surface area contributed by atoms with Crippen LogP contribution in [0, 0.1) is 13.8 Å². The molecule has 1 atom stereocenters. The first kappa shape index (κ1) is 12.2. The molecule has 17 heavy (non-hydrogen) atoms. The van der Waals surface area contributed by atoms with Crippen molar-refractivity contribution >= 4 is 11.0 Å². The first-order chi connectivity index (χ1) is 8.15. The highest BCUT2D eigenvalue weighted by atomic mass is 16.3. The van der Waals surface area contributed by atoms with Crippen LogP contribution in [0.5, 0.6) is 0 Å². The third-order valence-corrected chi connectivity index (χ3v) is 3.29. The van der Waals surface area contributed by atoms with Crippen molar-refractivity contribution in [2.75, 3.05) is 6.54 Å². The Bertz CT molecular complexity index is 513. The van der Waals surface area contributed by atoms with Gasteiger partial charge in [-0.1, -0.05) is 25.1 Å². The molecule has 0 aliphatic heterocycles. The number of aryl methyl sites for hydroxylation is 2. The van der Waals surface area contributed by atoms with Crippen molar-refractivity contribution in [2.45, 2.75) is 40.2 Å². The van der Waals surface area contributed by atoms with E-state index >= 15 is 0 Å². The summed E-state index contributed by atoms with van der Waals surface area (Å²) in [5.74, 6) is 1.07. The maximum atomic E-state index is 6.03. The molecule has 1 aromatic heterocycles. The van der Waals surface area contributed by atoms with Crippen molar-refractivity contribution in [3.63, 3.8) is 0 Å². The van der Waals surface area contributed by atoms with Gasteiger partial charge >= 0.3 is 0 Å². The molecule has 0 bridgehead atoms. The monoisotopic (exact) mass is 231 g/mol. The van der Waals surface area contributed by atoms with Crippen LogP contribution < -0.4 is 5.32 Å². The predicted octanol–water partition coefficient (Wildman–Crippen LogP) is 4.11. The first-order valence-electron chi connectivity index (χ1n) is 6.37. The summed E-state index contributed by atoms with van der Waals surface area (Å²) in [5, 5.41) is 4.72. The molecule has 2 heteroatoms. The van der Waals surface area contributed by atoms with E-state index in [0.717, 1.165) is 24.3 Å². The van der Waals surface area contributed by atoms with Crippen molar-refractivity contribution in [2.24, 2.45) is 0 Å². The fourth-order valence-corrected chi connectivity index (χ4v) is 2.27. The van der Waals surface area contributed by atoms with E-state index in [-0.39, 0.29) is 6.04 Å². The van der Waals surface area contributed by atoms with E-state index in [0.29, 0.717) is 0 Å². The van der Waals surface area contributed by atoms with Crippen LogP contribution in [0.3, 0.4) is 0 Å². The highest BCUT2D eigenvalue weighted by Crippen LogP contribution is 2.31. The van der Waals surface area contributed by atoms with Crippen molar-refractivity contribution in [1.29, 1.82) is 0 Å². The minimum Gasteiger partial charge on any atom is -0.459 e. The minimum atomic E-state index is 0.279. The average molecular weight is 231 g/mol. The SMILES string of the molecule is CCCNC(C)c1oc2c(C)cccc2c1C. The number of hydrogen-bond acceptors (Lipinski definition) is 2. The lowest BCUT2D eigenvalue weighted by Gasteiger charge is -2.11. The van der Waals surface area contributed by atoms with Crippen LogP contribution in [-0.4, -0.2) is 6.54 Å². The summed E-state index contributed by atoms with van der Waals surface area (Å²) in [6.45, 7) is 9.60. The molecular formula is C15H21NO. The van der Waals surface area contributed by atoms with E-state index in [1.165, 1.54) is 16.5 Å². The first-order valence-corrected chi connectivity index (χ1v) is 6.37. The van der Waals surface area contributed by atoms with Crippen molar-refractivity contribution < 1.29 is 4.42 Å². The van der Waals surface area contributed by atoms with Gasteiger partial charge in [-0.3, -0.25) is 0 Å². The van der Waals surface area contributed by atoms with E-state index < -0.39 is 0 Å². The topological polar surface area (TPSA) is 25.2 Å². The fraction of sp³-hybridized carbons (Fsp3) is 0.467. The summed E-state index contributed by atoms with van der Waals surface area (Å²) in [6.07, 6.45) is 1.14. The number of fused-ring (bicyclic) bond motifs is 1. The number of benzene rings is 1. The molecule has 1 N–H and O–H groups in total. The highest BCUT2D eigenvalue weighted by Gasteiger charge is 2.16. The summed E-state index contributed by atoms with van der Waals surface area (Å²) in [5.41, 5.74) is 3.50. The zero-order chi connectivity index (χ0) is 12.4. The fourth-order valence-electron chi connectivity index (χ4n) is 2.27. The maximum Gasteiger partial charge on any atom is 0.137 e. The third kappa shape index (κ3) is 2.22. The Morgan fingerprint density at radius 2 is 2.06 bits per heavy atom. The van der Waals surface area contributed by atoms with Crippen LogP contribution in [0.4, 0.5) is 0 Å². The Morgan fingerprint density at radius 1 is 1.29 bits per heavy atom. The second kappa shape index (κ2) is 4.92. The molecule has 0 aliphatic carbocycles. The molecule has 92 valence electrons. The zero-order valence-electron chi connectivity index (χ0n) is 11.1. The van der Waals surface area contributed by atoms with Gasteiger partial charge in [-0.05, 0) is 44.9 Å². The second-order valence-electron chi connectivity index (χ2n) is 4.72. The molecule has 1 heterocycles. The summed E-state index contributed by atoms with van der Waals surface area (Å²) < 4.78 is 6.03. The van der Waals surface area contributed by atoms with Crippen molar-refractivity contribution in [3.8, 4) is 0 Å². The molecule has 0 saturated heterocycles. The van der Waals surface area contributed by atoms with Crippen LogP contribution in [0.25, 0.3) is 11.0 Å². The van der Waals surface area contributed by atoms with Gasteiger partial charge in [-0.2, -0.15) is 0 Å². The molecule has 2 rings (SSSR count). The van der Waals surface area contributed by atoms with Gasteiger partial charge in [0.15, 0.2) is 0 Å². The Balaban J connectivity index is 2.41. The molecule has 0 amide bonds. The third-order valence-electron chi connectivity index (χ3n) is 3.29. The van der Waals surface area contributed by atoms with E-state index in [4.69, 9.17) is 4.42 Å². The zero-order valence-corrected chi connectivity index (χ0v) is 11.1. The molecule has 2 nitrogen and oxygen atoms in total. The van der Waals surface area contributed by atoms with Gasteiger partial charge in [0, 0.05) is 5.39 Å². The standard InChI is InChI=1S/C15H21NO/c1-5-9-16-12(4)15-11(3)13-8-6-7-10(2)14(13)17-15/h6-8,12,16H,5,9H2,1-4H3. The molecule has 1 aromatic carbocycles. The molecule has 2 aromatic rings. The van der Waals surface area contributed by atoms with Gasteiger partial charge in [0.25, 0.3) is 0 Å². The van der Waals surface area contributed by atoms with E-state index in [9.17, 15) is 0 Å². The molecule has 1 unspecified atom stereocenters. The molecule has 0 spiro atoms. The number of para-hydroxylation sites is 1. The number of furan rings is 1.